The highest BCUT2D eigenvalue weighted by Gasteiger charge is 2.19. The first-order valence-electron chi connectivity index (χ1n) is 6.58. The average Bonchev–Trinajstić information content (AvgIpc) is 2.98. The lowest BCUT2D eigenvalue weighted by molar-refractivity contribution is 0.0308. The number of benzene rings is 1. The Hall–Kier alpha value is -1.85. The van der Waals surface area contributed by atoms with Crippen molar-refractivity contribution in [3.05, 3.63) is 52.9 Å². The Balaban J connectivity index is 1.49. The van der Waals surface area contributed by atoms with Gasteiger partial charge < -0.3 is 10.1 Å². The summed E-state index contributed by atoms with van der Waals surface area (Å²) >= 11 is 1.50. The monoisotopic (exact) mass is 288 g/mol. The number of rotatable bonds is 3. The van der Waals surface area contributed by atoms with Crippen molar-refractivity contribution in [2.75, 3.05) is 11.9 Å². The van der Waals surface area contributed by atoms with Crippen molar-refractivity contribution >= 4 is 22.4 Å². The molecule has 0 fully saturated rings. The van der Waals surface area contributed by atoms with Gasteiger partial charge in [-0.3, -0.25) is 5.32 Å². The molecule has 20 heavy (non-hydrogen) atoms. The van der Waals surface area contributed by atoms with E-state index >= 15 is 0 Å². The minimum absolute atomic E-state index is 0.0407. The highest BCUT2D eigenvalue weighted by Crippen LogP contribution is 2.20. The number of hydrogen-bond acceptors (Lipinski definition) is 3. The maximum Gasteiger partial charge on any atom is 0.319 e. The molecular formula is C15H16N2O2S. The number of urea groups is 1. The fourth-order valence-electron chi connectivity index (χ4n) is 2.25. The third-order valence-electron chi connectivity index (χ3n) is 3.29. The number of fused-ring (bicyclic) bond motifs is 1. The zero-order valence-corrected chi connectivity index (χ0v) is 11.8. The minimum Gasteiger partial charge on any atom is -0.371 e. The lowest BCUT2D eigenvalue weighted by Crippen LogP contribution is -2.38. The van der Waals surface area contributed by atoms with Crippen molar-refractivity contribution in [1.82, 2.24) is 5.32 Å². The zero-order chi connectivity index (χ0) is 13.8. The topological polar surface area (TPSA) is 50.4 Å². The molecule has 0 saturated carbocycles. The maximum atomic E-state index is 11.7. The van der Waals surface area contributed by atoms with E-state index in [1.54, 1.807) is 0 Å². The van der Waals surface area contributed by atoms with Crippen LogP contribution in [-0.4, -0.2) is 18.7 Å². The van der Waals surface area contributed by atoms with Gasteiger partial charge in [-0.1, -0.05) is 24.3 Å². The Morgan fingerprint density at radius 3 is 2.90 bits per heavy atom. The van der Waals surface area contributed by atoms with E-state index in [-0.39, 0.29) is 12.1 Å². The van der Waals surface area contributed by atoms with Crippen LogP contribution in [-0.2, 0) is 17.8 Å². The van der Waals surface area contributed by atoms with Gasteiger partial charge in [0.05, 0.1) is 17.7 Å². The SMILES string of the molecule is O=C(NC[C@@H]1Cc2ccccc2CO1)Nc1cccs1. The first kappa shape index (κ1) is 13.1. The van der Waals surface area contributed by atoms with Crippen LogP contribution >= 0.6 is 11.3 Å². The summed E-state index contributed by atoms with van der Waals surface area (Å²) in [6.07, 6.45) is 0.883. The quantitative estimate of drug-likeness (QED) is 0.912. The number of carbonyl (C=O) groups excluding carboxylic acids is 1. The summed E-state index contributed by atoms with van der Waals surface area (Å²) in [5, 5.41) is 8.42. The van der Waals surface area contributed by atoms with Crippen LogP contribution in [0.3, 0.4) is 0 Å². The van der Waals surface area contributed by atoms with E-state index in [0.29, 0.717) is 13.2 Å². The Kier molecular flexibility index (Phi) is 3.99. The van der Waals surface area contributed by atoms with Crippen LogP contribution in [0.25, 0.3) is 0 Å². The van der Waals surface area contributed by atoms with E-state index in [4.69, 9.17) is 4.74 Å². The highest BCUT2D eigenvalue weighted by atomic mass is 32.1. The molecule has 3 rings (SSSR count). The van der Waals surface area contributed by atoms with Crippen LogP contribution in [0.15, 0.2) is 41.8 Å². The lowest BCUT2D eigenvalue weighted by Gasteiger charge is -2.25. The molecule has 0 aliphatic carbocycles. The smallest absolute Gasteiger partial charge is 0.319 e. The van der Waals surface area contributed by atoms with E-state index in [0.717, 1.165) is 11.4 Å². The predicted octanol–water partition coefficient (Wildman–Crippen LogP) is 3.01. The van der Waals surface area contributed by atoms with Crippen molar-refractivity contribution in [2.45, 2.75) is 19.1 Å². The number of anilines is 1. The van der Waals surface area contributed by atoms with E-state index in [1.165, 1.54) is 22.5 Å². The second-order valence-corrected chi connectivity index (χ2v) is 5.67. The number of thiophene rings is 1. The summed E-state index contributed by atoms with van der Waals surface area (Å²) in [5.74, 6) is 0. The van der Waals surface area contributed by atoms with Crippen molar-refractivity contribution < 1.29 is 9.53 Å². The van der Waals surface area contributed by atoms with Gasteiger partial charge in [-0.2, -0.15) is 0 Å². The molecule has 4 nitrogen and oxygen atoms in total. The van der Waals surface area contributed by atoms with Gasteiger partial charge in [0.15, 0.2) is 0 Å². The number of ether oxygens (including phenoxy) is 1. The fraction of sp³-hybridized carbons (Fsp3) is 0.267. The summed E-state index contributed by atoms with van der Waals surface area (Å²) in [5.41, 5.74) is 2.55. The molecule has 1 aliphatic heterocycles. The molecule has 2 N–H and O–H groups in total. The van der Waals surface area contributed by atoms with Crippen LogP contribution in [0.2, 0.25) is 0 Å². The van der Waals surface area contributed by atoms with Gasteiger partial charge in [0, 0.05) is 13.0 Å². The molecule has 104 valence electrons. The number of carbonyl (C=O) groups is 1. The summed E-state index contributed by atoms with van der Waals surface area (Å²) in [4.78, 5) is 11.7. The van der Waals surface area contributed by atoms with Crippen LogP contribution in [0.5, 0.6) is 0 Å². The first-order chi connectivity index (χ1) is 9.81. The number of nitrogens with one attached hydrogen (secondary N) is 2. The number of amides is 2. The van der Waals surface area contributed by atoms with Gasteiger partial charge in [-0.25, -0.2) is 4.79 Å². The van der Waals surface area contributed by atoms with Crippen molar-refractivity contribution in [1.29, 1.82) is 0 Å². The highest BCUT2D eigenvalue weighted by molar-refractivity contribution is 7.14. The van der Waals surface area contributed by atoms with Crippen LogP contribution < -0.4 is 10.6 Å². The molecule has 1 aliphatic rings. The molecule has 2 amide bonds. The summed E-state index contributed by atoms with van der Waals surface area (Å²) < 4.78 is 5.75. The van der Waals surface area contributed by atoms with E-state index in [1.807, 2.05) is 29.6 Å². The van der Waals surface area contributed by atoms with E-state index < -0.39 is 0 Å². The third kappa shape index (κ3) is 3.18. The molecule has 2 aromatic rings. The molecule has 0 saturated heterocycles. The Morgan fingerprint density at radius 2 is 2.10 bits per heavy atom. The largest absolute Gasteiger partial charge is 0.371 e. The molecule has 0 bridgehead atoms. The average molecular weight is 288 g/mol. The lowest BCUT2D eigenvalue weighted by atomic mass is 9.99. The molecule has 1 aromatic carbocycles. The van der Waals surface area contributed by atoms with Crippen LogP contribution in [0.1, 0.15) is 11.1 Å². The minimum atomic E-state index is -0.185. The predicted molar refractivity (Wildman–Crippen MR) is 80.1 cm³/mol. The fourth-order valence-corrected chi connectivity index (χ4v) is 2.87. The molecule has 2 heterocycles. The molecule has 1 atom stereocenters. The Labute approximate surface area is 121 Å². The second kappa shape index (κ2) is 6.07. The standard InChI is InChI=1S/C15H16N2O2S/c18-15(17-14-6-3-7-20-14)16-9-13-8-11-4-1-2-5-12(11)10-19-13/h1-7,13H,8-10H2,(H2,16,17,18)/t13-/m0/s1. The van der Waals surface area contributed by atoms with Gasteiger partial charge in [0.25, 0.3) is 0 Å². The van der Waals surface area contributed by atoms with E-state index in [2.05, 4.69) is 22.8 Å². The van der Waals surface area contributed by atoms with Crippen molar-refractivity contribution in [3.8, 4) is 0 Å². The summed E-state index contributed by atoms with van der Waals surface area (Å²) in [6.45, 7) is 1.14. The van der Waals surface area contributed by atoms with Crippen molar-refractivity contribution in [3.63, 3.8) is 0 Å². The molecule has 5 heteroatoms. The van der Waals surface area contributed by atoms with Crippen molar-refractivity contribution in [2.24, 2.45) is 0 Å². The van der Waals surface area contributed by atoms with Gasteiger partial charge in [-0.15, -0.1) is 11.3 Å². The second-order valence-electron chi connectivity index (χ2n) is 4.72. The molecule has 0 spiro atoms. The summed E-state index contributed by atoms with van der Waals surface area (Å²) in [6, 6.07) is 11.9. The molecular weight excluding hydrogens is 272 g/mol. The molecule has 0 unspecified atom stereocenters. The first-order valence-corrected chi connectivity index (χ1v) is 7.46. The van der Waals surface area contributed by atoms with E-state index in [9.17, 15) is 4.79 Å². The Bertz CT molecular complexity index is 583. The number of hydrogen-bond donors (Lipinski definition) is 2. The normalized spacial score (nSPS) is 17.3. The maximum absolute atomic E-state index is 11.7. The molecule has 0 radical (unpaired) electrons. The Morgan fingerprint density at radius 1 is 1.25 bits per heavy atom. The van der Waals surface area contributed by atoms with Gasteiger partial charge >= 0.3 is 6.03 Å². The van der Waals surface area contributed by atoms with Crippen LogP contribution in [0.4, 0.5) is 9.80 Å². The zero-order valence-electron chi connectivity index (χ0n) is 11.0. The van der Waals surface area contributed by atoms with Gasteiger partial charge in [-0.05, 0) is 28.6 Å². The van der Waals surface area contributed by atoms with Gasteiger partial charge in [0.1, 0.15) is 0 Å². The summed E-state index contributed by atoms with van der Waals surface area (Å²) in [7, 11) is 0. The van der Waals surface area contributed by atoms with Gasteiger partial charge in [0.2, 0.25) is 0 Å². The molecule has 1 aromatic heterocycles. The van der Waals surface area contributed by atoms with Crippen LogP contribution in [0, 0.1) is 0 Å². The third-order valence-corrected chi connectivity index (χ3v) is 4.07.